The molecule has 4 nitrogen and oxygen atoms in total. The largest absolute Gasteiger partial charge is 0.497 e. The fraction of sp³-hybridized carbons (Fsp3) is 0.0667. The zero-order chi connectivity index (χ0) is 13.7. The molecule has 0 aliphatic carbocycles. The number of carboxylic acids is 1. The molecule has 0 saturated carbocycles. The zero-order valence-electron chi connectivity index (χ0n) is 10.4. The van der Waals surface area contributed by atoms with Gasteiger partial charge in [-0.2, -0.15) is 0 Å². The Morgan fingerprint density at radius 1 is 1.11 bits per heavy atom. The van der Waals surface area contributed by atoms with Crippen molar-refractivity contribution >= 4 is 11.5 Å². The predicted molar refractivity (Wildman–Crippen MR) is 71.9 cm³/mol. The van der Waals surface area contributed by atoms with E-state index in [1.165, 1.54) is 6.08 Å². The van der Waals surface area contributed by atoms with Gasteiger partial charge >= 0.3 is 5.97 Å². The van der Waals surface area contributed by atoms with Gasteiger partial charge in [0.25, 0.3) is 0 Å². The van der Waals surface area contributed by atoms with Gasteiger partial charge in [-0.15, -0.1) is 0 Å². The third-order valence-electron chi connectivity index (χ3n) is 2.66. The van der Waals surface area contributed by atoms with E-state index in [1.54, 1.807) is 43.8 Å². The van der Waals surface area contributed by atoms with Crippen molar-refractivity contribution in [2.24, 2.45) is 0 Å². The number of ether oxygens (including phenoxy) is 1. The number of aliphatic carboxylic acids is 1. The Morgan fingerprint density at radius 3 is 2.21 bits per heavy atom. The van der Waals surface area contributed by atoms with Gasteiger partial charge in [-0.1, -0.05) is 12.1 Å². The molecule has 0 spiro atoms. The van der Waals surface area contributed by atoms with Gasteiger partial charge in [-0.3, -0.25) is 4.98 Å². The van der Waals surface area contributed by atoms with Crippen LogP contribution in [0.4, 0.5) is 0 Å². The number of hydrogen-bond acceptors (Lipinski definition) is 3. The molecule has 2 aromatic rings. The summed E-state index contributed by atoms with van der Waals surface area (Å²) in [5.41, 5.74) is 2.26. The molecule has 1 aromatic heterocycles. The van der Waals surface area contributed by atoms with Crippen LogP contribution in [0.5, 0.6) is 5.75 Å². The lowest BCUT2D eigenvalue weighted by Gasteiger charge is -2.08. The summed E-state index contributed by atoms with van der Waals surface area (Å²) < 4.78 is 5.09. The Kier molecular flexibility index (Phi) is 3.93. The van der Waals surface area contributed by atoms with Crippen LogP contribution in [0.2, 0.25) is 0 Å². The number of aromatic nitrogens is 1. The number of rotatable bonds is 4. The quantitative estimate of drug-likeness (QED) is 0.853. The fourth-order valence-electron chi connectivity index (χ4n) is 1.76. The van der Waals surface area contributed by atoms with Crippen LogP contribution in [0.1, 0.15) is 11.1 Å². The van der Waals surface area contributed by atoms with Crippen molar-refractivity contribution in [1.29, 1.82) is 0 Å². The Hall–Kier alpha value is -2.62. The summed E-state index contributed by atoms with van der Waals surface area (Å²) in [6.07, 6.45) is 4.46. The summed E-state index contributed by atoms with van der Waals surface area (Å²) >= 11 is 0. The van der Waals surface area contributed by atoms with E-state index >= 15 is 0 Å². The highest BCUT2D eigenvalue weighted by atomic mass is 16.5. The molecule has 0 aliphatic heterocycles. The maximum atomic E-state index is 11.0. The standard InChI is InChI=1S/C15H13NO3/c1-19-13-4-2-11(3-5-13)14(10-15(17)18)12-6-8-16-9-7-12/h2-10H,1H3,(H,17,18)/b14-10-. The molecule has 0 atom stereocenters. The number of carboxylic acid groups (broad SMARTS) is 1. The third-order valence-corrected chi connectivity index (χ3v) is 2.66. The van der Waals surface area contributed by atoms with Crippen LogP contribution in [0.3, 0.4) is 0 Å². The van der Waals surface area contributed by atoms with E-state index in [0.717, 1.165) is 16.9 Å². The van der Waals surface area contributed by atoms with Crippen molar-refractivity contribution in [1.82, 2.24) is 4.98 Å². The van der Waals surface area contributed by atoms with E-state index in [4.69, 9.17) is 9.84 Å². The highest BCUT2D eigenvalue weighted by Gasteiger charge is 2.07. The Morgan fingerprint density at radius 2 is 1.68 bits per heavy atom. The molecule has 0 bridgehead atoms. The first-order chi connectivity index (χ1) is 9.20. The molecular weight excluding hydrogens is 242 g/mol. The second kappa shape index (κ2) is 5.82. The summed E-state index contributed by atoms with van der Waals surface area (Å²) in [5, 5.41) is 8.99. The van der Waals surface area contributed by atoms with Crippen LogP contribution in [0.15, 0.2) is 54.9 Å². The Balaban J connectivity index is 2.46. The average molecular weight is 255 g/mol. The van der Waals surface area contributed by atoms with E-state index in [0.29, 0.717) is 5.57 Å². The summed E-state index contributed by atoms with van der Waals surface area (Å²) in [7, 11) is 1.59. The molecule has 1 aromatic carbocycles. The van der Waals surface area contributed by atoms with E-state index < -0.39 is 5.97 Å². The monoisotopic (exact) mass is 255 g/mol. The lowest BCUT2D eigenvalue weighted by atomic mass is 9.98. The lowest BCUT2D eigenvalue weighted by molar-refractivity contribution is -0.131. The molecule has 0 amide bonds. The van der Waals surface area contributed by atoms with E-state index in [-0.39, 0.29) is 0 Å². The minimum absolute atomic E-state index is 0.637. The van der Waals surface area contributed by atoms with Gasteiger partial charge < -0.3 is 9.84 Å². The summed E-state index contributed by atoms with van der Waals surface area (Å²) in [6, 6.07) is 10.8. The first kappa shape index (κ1) is 12.8. The van der Waals surface area contributed by atoms with Crippen LogP contribution in [-0.4, -0.2) is 23.2 Å². The van der Waals surface area contributed by atoms with Crippen LogP contribution >= 0.6 is 0 Å². The second-order valence-corrected chi connectivity index (χ2v) is 3.86. The molecule has 2 rings (SSSR count). The molecule has 0 fully saturated rings. The SMILES string of the molecule is COc1ccc(/C(=C/C(=O)O)c2ccncc2)cc1. The predicted octanol–water partition coefficient (Wildman–Crippen LogP) is 2.61. The summed E-state index contributed by atoms with van der Waals surface area (Å²) in [5.74, 6) is -0.254. The zero-order valence-corrected chi connectivity index (χ0v) is 10.4. The van der Waals surface area contributed by atoms with Gasteiger partial charge in [-0.05, 0) is 41.0 Å². The number of pyridine rings is 1. The molecule has 0 radical (unpaired) electrons. The molecule has 1 heterocycles. The van der Waals surface area contributed by atoms with Gasteiger partial charge in [0.1, 0.15) is 5.75 Å². The Labute approximate surface area is 111 Å². The second-order valence-electron chi connectivity index (χ2n) is 3.86. The summed E-state index contributed by atoms with van der Waals surface area (Å²) in [4.78, 5) is 14.9. The molecule has 0 unspecified atom stereocenters. The molecule has 19 heavy (non-hydrogen) atoms. The van der Waals surface area contributed by atoms with Crippen molar-refractivity contribution in [3.63, 3.8) is 0 Å². The number of benzene rings is 1. The van der Waals surface area contributed by atoms with Crippen LogP contribution in [0, 0.1) is 0 Å². The molecule has 0 saturated heterocycles. The van der Waals surface area contributed by atoms with Crippen LogP contribution in [0.25, 0.3) is 5.57 Å². The van der Waals surface area contributed by atoms with Gasteiger partial charge in [0.15, 0.2) is 0 Å². The topological polar surface area (TPSA) is 59.4 Å². The first-order valence-electron chi connectivity index (χ1n) is 5.70. The van der Waals surface area contributed by atoms with E-state index in [2.05, 4.69) is 4.98 Å². The van der Waals surface area contributed by atoms with Gasteiger partial charge in [0.05, 0.1) is 7.11 Å². The number of nitrogens with zero attached hydrogens (tertiary/aromatic N) is 1. The van der Waals surface area contributed by atoms with Crippen molar-refractivity contribution < 1.29 is 14.6 Å². The van der Waals surface area contributed by atoms with Crippen molar-refractivity contribution in [3.05, 3.63) is 66.0 Å². The maximum Gasteiger partial charge on any atom is 0.328 e. The highest BCUT2D eigenvalue weighted by Crippen LogP contribution is 2.24. The van der Waals surface area contributed by atoms with Crippen LogP contribution < -0.4 is 4.74 Å². The van der Waals surface area contributed by atoms with Gasteiger partial charge in [0.2, 0.25) is 0 Å². The first-order valence-corrected chi connectivity index (χ1v) is 5.70. The van der Waals surface area contributed by atoms with Gasteiger partial charge in [0, 0.05) is 18.5 Å². The number of methoxy groups -OCH3 is 1. The smallest absolute Gasteiger partial charge is 0.328 e. The minimum Gasteiger partial charge on any atom is -0.497 e. The molecular formula is C15H13NO3. The average Bonchev–Trinajstić information content (AvgIpc) is 2.46. The van der Waals surface area contributed by atoms with Crippen molar-refractivity contribution in [2.75, 3.05) is 7.11 Å². The lowest BCUT2D eigenvalue weighted by Crippen LogP contribution is -1.95. The number of hydrogen-bond donors (Lipinski definition) is 1. The normalized spacial score (nSPS) is 11.1. The fourth-order valence-corrected chi connectivity index (χ4v) is 1.76. The van der Waals surface area contributed by atoms with E-state index in [9.17, 15) is 4.79 Å². The van der Waals surface area contributed by atoms with Crippen molar-refractivity contribution in [2.45, 2.75) is 0 Å². The maximum absolute atomic E-state index is 11.0. The third kappa shape index (κ3) is 3.19. The highest BCUT2D eigenvalue weighted by molar-refractivity contribution is 5.95. The number of carbonyl (C=O) groups is 1. The van der Waals surface area contributed by atoms with Crippen LogP contribution in [-0.2, 0) is 4.79 Å². The minimum atomic E-state index is -0.984. The molecule has 1 N–H and O–H groups in total. The Bertz CT molecular complexity index is 589. The molecule has 96 valence electrons. The molecule has 4 heteroatoms. The van der Waals surface area contributed by atoms with Gasteiger partial charge in [-0.25, -0.2) is 4.79 Å². The summed E-state index contributed by atoms with van der Waals surface area (Å²) in [6.45, 7) is 0. The van der Waals surface area contributed by atoms with E-state index in [1.807, 2.05) is 12.1 Å². The molecule has 0 aliphatic rings. The van der Waals surface area contributed by atoms with Crippen molar-refractivity contribution in [3.8, 4) is 5.75 Å².